The average Bonchev–Trinajstić information content (AvgIpc) is 3.21. The van der Waals surface area contributed by atoms with Crippen LogP contribution in [-0.2, 0) is 4.79 Å². The molecule has 2 aliphatic rings. The first-order chi connectivity index (χ1) is 11.6. The first-order valence-electron chi connectivity index (χ1n) is 9.33. The van der Waals surface area contributed by atoms with Gasteiger partial charge in [-0.1, -0.05) is 25.8 Å². The van der Waals surface area contributed by atoms with Gasteiger partial charge in [-0.2, -0.15) is 0 Å². The molecule has 4 rings (SSSR count). The molecule has 24 heavy (non-hydrogen) atoms. The lowest BCUT2D eigenvalue weighted by atomic mass is 9.71. The number of carboxylic acids is 1. The Hall–Kier alpha value is -1.77. The highest BCUT2D eigenvalue weighted by molar-refractivity contribution is 5.79. The molecule has 0 amide bonds. The van der Waals surface area contributed by atoms with Crippen molar-refractivity contribution in [3.8, 4) is 0 Å². The smallest absolute Gasteiger partial charge is 0.307 e. The molecule has 2 aromatic rings. The van der Waals surface area contributed by atoms with E-state index >= 15 is 0 Å². The van der Waals surface area contributed by atoms with Crippen molar-refractivity contribution in [2.75, 3.05) is 0 Å². The lowest BCUT2D eigenvalue weighted by Gasteiger charge is -2.33. The maximum atomic E-state index is 12.1. The van der Waals surface area contributed by atoms with Crippen LogP contribution in [0, 0.1) is 23.7 Å². The SMILES string of the molecule is CC1CCC(C2CCC(c3ccc4occc4c3)[C@@H]2C(=O)O)CC1. The number of hydrogen-bond acceptors (Lipinski definition) is 2. The van der Waals surface area contributed by atoms with Crippen LogP contribution in [0.15, 0.2) is 34.9 Å². The molecule has 0 spiro atoms. The fourth-order valence-electron chi connectivity index (χ4n) is 5.22. The van der Waals surface area contributed by atoms with Gasteiger partial charge in [-0.3, -0.25) is 4.79 Å². The Balaban J connectivity index is 1.60. The molecule has 0 aliphatic heterocycles. The van der Waals surface area contributed by atoms with E-state index in [-0.39, 0.29) is 11.8 Å². The standard InChI is InChI=1S/C21H26O3/c1-13-2-4-14(5-3-13)17-7-8-18(20(17)21(22)23)15-6-9-19-16(12-15)10-11-24-19/h6,9-14,17-18,20H,2-5,7-8H2,1H3,(H,22,23)/t13?,14?,17?,18?,20-/m1/s1. The van der Waals surface area contributed by atoms with Crippen LogP contribution < -0.4 is 0 Å². The van der Waals surface area contributed by atoms with Gasteiger partial charge in [-0.25, -0.2) is 0 Å². The summed E-state index contributed by atoms with van der Waals surface area (Å²) in [5.41, 5.74) is 2.05. The third-order valence-electron chi connectivity index (χ3n) is 6.56. The van der Waals surface area contributed by atoms with Crippen LogP contribution in [0.1, 0.15) is 56.9 Å². The summed E-state index contributed by atoms with van der Waals surface area (Å²) in [6, 6.07) is 8.14. The zero-order valence-corrected chi connectivity index (χ0v) is 14.3. The van der Waals surface area contributed by atoms with E-state index in [1.165, 1.54) is 31.2 Å². The molecule has 1 aromatic heterocycles. The Morgan fingerprint density at radius 2 is 1.88 bits per heavy atom. The van der Waals surface area contributed by atoms with Gasteiger partial charge in [0.2, 0.25) is 0 Å². The molecule has 1 aromatic carbocycles. The topological polar surface area (TPSA) is 50.4 Å². The predicted molar refractivity (Wildman–Crippen MR) is 93.9 cm³/mol. The third kappa shape index (κ3) is 2.74. The van der Waals surface area contributed by atoms with Crippen molar-refractivity contribution in [2.24, 2.45) is 23.7 Å². The highest BCUT2D eigenvalue weighted by Crippen LogP contribution is 2.50. The number of rotatable bonds is 3. The molecule has 2 saturated carbocycles. The summed E-state index contributed by atoms with van der Waals surface area (Å²) in [5, 5.41) is 11.0. The van der Waals surface area contributed by atoms with Gasteiger partial charge in [0.1, 0.15) is 5.58 Å². The van der Waals surface area contributed by atoms with Gasteiger partial charge in [0, 0.05) is 5.39 Å². The molecule has 2 fully saturated rings. The Labute approximate surface area is 143 Å². The van der Waals surface area contributed by atoms with Crippen LogP contribution in [0.25, 0.3) is 11.0 Å². The van der Waals surface area contributed by atoms with E-state index in [1.54, 1.807) is 6.26 Å². The molecule has 1 N–H and O–H groups in total. The second-order valence-electron chi connectivity index (χ2n) is 7.95. The molecule has 128 valence electrons. The van der Waals surface area contributed by atoms with Crippen molar-refractivity contribution in [3.05, 3.63) is 36.1 Å². The molecule has 0 bridgehead atoms. The van der Waals surface area contributed by atoms with Gasteiger partial charge < -0.3 is 9.52 Å². The molecule has 0 radical (unpaired) electrons. The summed E-state index contributed by atoms with van der Waals surface area (Å²) in [6.07, 6.45) is 8.70. The number of aliphatic carboxylic acids is 1. The normalized spacial score (nSPS) is 33.8. The molecular formula is C21H26O3. The number of furan rings is 1. The summed E-state index contributed by atoms with van der Waals surface area (Å²) >= 11 is 0. The molecule has 1 heterocycles. The number of benzene rings is 1. The van der Waals surface area contributed by atoms with Crippen LogP contribution in [-0.4, -0.2) is 11.1 Å². The average molecular weight is 326 g/mol. The molecular weight excluding hydrogens is 300 g/mol. The fourth-order valence-corrected chi connectivity index (χ4v) is 5.22. The van der Waals surface area contributed by atoms with Crippen molar-refractivity contribution < 1.29 is 14.3 Å². The molecule has 3 atom stereocenters. The zero-order chi connectivity index (χ0) is 16.7. The number of carbonyl (C=O) groups is 1. The minimum absolute atomic E-state index is 0.145. The van der Waals surface area contributed by atoms with Crippen LogP contribution >= 0.6 is 0 Å². The summed E-state index contributed by atoms with van der Waals surface area (Å²) in [5.74, 6) is 1.07. The van der Waals surface area contributed by atoms with Crippen LogP contribution in [0.4, 0.5) is 0 Å². The van der Waals surface area contributed by atoms with Crippen molar-refractivity contribution in [1.29, 1.82) is 0 Å². The Kier molecular flexibility index (Phi) is 4.11. The molecule has 2 aliphatic carbocycles. The van der Waals surface area contributed by atoms with Gasteiger partial charge in [0.15, 0.2) is 0 Å². The van der Waals surface area contributed by atoms with Crippen molar-refractivity contribution in [1.82, 2.24) is 0 Å². The van der Waals surface area contributed by atoms with Crippen LogP contribution in [0.5, 0.6) is 0 Å². The maximum Gasteiger partial charge on any atom is 0.307 e. The Morgan fingerprint density at radius 1 is 1.08 bits per heavy atom. The second-order valence-corrected chi connectivity index (χ2v) is 7.95. The third-order valence-corrected chi connectivity index (χ3v) is 6.56. The van der Waals surface area contributed by atoms with Gasteiger partial charge in [-0.15, -0.1) is 0 Å². The molecule has 3 heteroatoms. The second kappa shape index (κ2) is 6.27. The lowest BCUT2D eigenvalue weighted by molar-refractivity contribution is -0.144. The van der Waals surface area contributed by atoms with Gasteiger partial charge in [-0.05, 0) is 73.1 Å². The quantitative estimate of drug-likeness (QED) is 0.815. The van der Waals surface area contributed by atoms with Crippen LogP contribution in [0.3, 0.4) is 0 Å². The maximum absolute atomic E-state index is 12.1. The summed E-state index contributed by atoms with van der Waals surface area (Å²) in [6.45, 7) is 2.32. The van der Waals surface area contributed by atoms with E-state index < -0.39 is 5.97 Å². The molecule has 3 nitrogen and oxygen atoms in total. The van der Waals surface area contributed by atoms with E-state index in [4.69, 9.17) is 4.42 Å². The van der Waals surface area contributed by atoms with E-state index in [9.17, 15) is 9.90 Å². The number of hydrogen-bond donors (Lipinski definition) is 1. The van der Waals surface area contributed by atoms with Crippen molar-refractivity contribution >= 4 is 16.9 Å². The van der Waals surface area contributed by atoms with Gasteiger partial charge in [0.05, 0.1) is 12.2 Å². The highest BCUT2D eigenvalue weighted by atomic mass is 16.4. The van der Waals surface area contributed by atoms with E-state index in [0.717, 1.165) is 29.7 Å². The summed E-state index contributed by atoms with van der Waals surface area (Å²) in [7, 11) is 0. The monoisotopic (exact) mass is 326 g/mol. The first-order valence-corrected chi connectivity index (χ1v) is 9.33. The predicted octanol–water partition coefficient (Wildman–Crippen LogP) is 5.45. The molecule has 2 unspecified atom stereocenters. The highest BCUT2D eigenvalue weighted by Gasteiger charge is 2.45. The zero-order valence-electron chi connectivity index (χ0n) is 14.3. The number of fused-ring (bicyclic) bond motifs is 1. The Bertz CT molecular complexity index is 724. The number of carboxylic acid groups (broad SMARTS) is 1. The minimum Gasteiger partial charge on any atom is -0.481 e. The van der Waals surface area contributed by atoms with Crippen LogP contribution in [0.2, 0.25) is 0 Å². The minimum atomic E-state index is -0.603. The first kappa shape index (κ1) is 15.7. The van der Waals surface area contributed by atoms with Crippen molar-refractivity contribution in [3.63, 3.8) is 0 Å². The van der Waals surface area contributed by atoms with Crippen molar-refractivity contribution in [2.45, 2.75) is 51.4 Å². The largest absolute Gasteiger partial charge is 0.481 e. The van der Waals surface area contributed by atoms with E-state index in [1.807, 2.05) is 12.1 Å². The van der Waals surface area contributed by atoms with E-state index in [0.29, 0.717) is 11.8 Å². The Morgan fingerprint density at radius 3 is 2.62 bits per heavy atom. The van der Waals surface area contributed by atoms with Gasteiger partial charge in [0.25, 0.3) is 0 Å². The van der Waals surface area contributed by atoms with E-state index in [2.05, 4.69) is 19.1 Å². The molecule has 0 saturated heterocycles. The van der Waals surface area contributed by atoms with Gasteiger partial charge >= 0.3 is 5.97 Å². The lowest BCUT2D eigenvalue weighted by Crippen LogP contribution is -2.30. The fraction of sp³-hybridized carbons (Fsp3) is 0.571. The summed E-state index contributed by atoms with van der Waals surface area (Å²) < 4.78 is 5.42. The summed E-state index contributed by atoms with van der Waals surface area (Å²) in [4.78, 5) is 12.1.